The molecule has 2 aromatic carbocycles. The van der Waals surface area contributed by atoms with Gasteiger partial charge in [-0.1, -0.05) is 24.6 Å². The van der Waals surface area contributed by atoms with Crippen LogP contribution in [0.15, 0.2) is 36.4 Å². The van der Waals surface area contributed by atoms with E-state index in [4.69, 9.17) is 4.74 Å². The second-order valence-electron chi connectivity index (χ2n) is 11.2. The number of amides is 1. The van der Waals surface area contributed by atoms with Crippen molar-refractivity contribution in [2.24, 2.45) is 0 Å². The number of carbonyl (C=O) groups excluding carboxylic acids is 2. The van der Waals surface area contributed by atoms with Gasteiger partial charge < -0.3 is 15.2 Å². The predicted molar refractivity (Wildman–Crippen MR) is 145 cm³/mol. The topological polar surface area (TPSA) is 83.8 Å². The first kappa shape index (κ1) is 25.5. The summed E-state index contributed by atoms with van der Waals surface area (Å²) in [6.45, 7) is 9.24. The highest BCUT2D eigenvalue weighted by molar-refractivity contribution is 6.07. The molecule has 0 unspecified atom stereocenters. The van der Waals surface area contributed by atoms with Crippen LogP contribution < -0.4 is 5.32 Å². The number of nitrogens with zero attached hydrogens (tertiary/aromatic N) is 2. The van der Waals surface area contributed by atoms with Gasteiger partial charge in [0.25, 0.3) is 5.91 Å². The first-order valence-corrected chi connectivity index (χ1v) is 13.4. The number of carbonyl (C=O) groups is 2. The highest BCUT2D eigenvalue weighted by Crippen LogP contribution is 2.36. The lowest BCUT2D eigenvalue weighted by Crippen LogP contribution is -2.29. The third-order valence-electron chi connectivity index (χ3n) is 7.24. The number of benzene rings is 2. The summed E-state index contributed by atoms with van der Waals surface area (Å²) in [7, 11) is 0. The Labute approximate surface area is 218 Å². The number of hydrogen-bond acceptors (Lipinski definition) is 5. The number of aliphatic hydroxyl groups excluding tert-OH is 1. The third kappa shape index (κ3) is 5.29. The standard InChI is InChI=1S/C30H37N3O4/c1-30(2,3)37-29(36)33-25-12-9-20(19-32-13-5-4-6-14-32)16-22(25)17-26(33)23-11-10-21(8-7-15-34)24-18-31-28(35)27(23)24/h9-12,16-17,34H,4-8,13-15,18-19H2,1-3H3,(H,31,35). The molecule has 3 aromatic rings. The van der Waals surface area contributed by atoms with Gasteiger partial charge in [0.1, 0.15) is 5.60 Å². The van der Waals surface area contributed by atoms with Crippen LogP contribution in [-0.4, -0.2) is 51.9 Å². The molecular formula is C30H37N3O4. The Morgan fingerprint density at radius 1 is 1.08 bits per heavy atom. The Balaban J connectivity index is 1.62. The molecule has 0 spiro atoms. The summed E-state index contributed by atoms with van der Waals surface area (Å²) in [4.78, 5) is 29.0. The maximum absolute atomic E-state index is 13.5. The predicted octanol–water partition coefficient (Wildman–Crippen LogP) is 5.25. The van der Waals surface area contributed by atoms with E-state index in [0.29, 0.717) is 30.6 Å². The van der Waals surface area contributed by atoms with Crippen molar-refractivity contribution in [3.05, 3.63) is 58.7 Å². The van der Waals surface area contributed by atoms with Crippen molar-refractivity contribution in [2.75, 3.05) is 19.7 Å². The van der Waals surface area contributed by atoms with E-state index in [2.05, 4.69) is 22.3 Å². The van der Waals surface area contributed by atoms with E-state index in [-0.39, 0.29) is 12.5 Å². The maximum Gasteiger partial charge on any atom is 0.419 e. The molecule has 0 bridgehead atoms. The Hall–Kier alpha value is -3.16. The molecule has 1 aromatic heterocycles. The van der Waals surface area contributed by atoms with Gasteiger partial charge in [-0.05, 0) is 94.4 Å². The molecule has 7 nitrogen and oxygen atoms in total. The molecule has 37 heavy (non-hydrogen) atoms. The summed E-state index contributed by atoms with van der Waals surface area (Å²) >= 11 is 0. The van der Waals surface area contributed by atoms with Crippen molar-refractivity contribution in [2.45, 2.75) is 71.6 Å². The molecule has 5 rings (SSSR count). The molecule has 0 saturated carbocycles. The zero-order valence-corrected chi connectivity index (χ0v) is 22.1. The van der Waals surface area contributed by atoms with E-state index in [9.17, 15) is 14.7 Å². The molecule has 0 atom stereocenters. The summed E-state index contributed by atoms with van der Waals surface area (Å²) in [5.41, 5.74) is 5.30. The molecule has 1 saturated heterocycles. The number of piperidine rings is 1. The van der Waals surface area contributed by atoms with Crippen LogP contribution in [0.25, 0.3) is 22.2 Å². The van der Waals surface area contributed by atoms with Crippen LogP contribution in [0.5, 0.6) is 0 Å². The van der Waals surface area contributed by atoms with E-state index in [1.54, 1.807) is 4.57 Å². The van der Waals surface area contributed by atoms with E-state index < -0.39 is 11.7 Å². The van der Waals surface area contributed by atoms with Gasteiger partial charge >= 0.3 is 6.09 Å². The number of likely N-dealkylation sites (tertiary alicyclic amines) is 1. The van der Waals surface area contributed by atoms with Crippen molar-refractivity contribution in [3.63, 3.8) is 0 Å². The van der Waals surface area contributed by atoms with Crippen LogP contribution in [0.3, 0.4) is 0 Å². The van der Waals surface area contributed by atoms with Gasteiger partial charge in [0.15, 0.2) is 0 Å². The van der Waals surface area contributed by atoms with Crippen molar-refractivity contribution < 1.29 is 19.4 Å². The minimum absolute atomic E-state index is 0.102. The largest absolute Gasteiger partial charge is 0.443 e. The van der Waals surface area contributed by atoms with Crippen molar-refractivity contribution in [3.8, 4) is 11.3 Å². The summed E-state index contributed by atoms with van der Waals surface area (Å²) in [5.74, 6) is -0.136. The summed E-state index contributed by atoms with van der Waals surface area (Å²) in [6.07, 6.45) is 4.65. The number of nitrogens with one attached hydrogen (secondary N) is 1. The van der Waals surface area contributed by atoms with E-state index in [1.165, 1.54) is 24.8 Å². The fourth-order valence-corrected chi connectivity index (χ4v) is 5.57. The van der Waals surface area contributed by atoms with Gasteiger partial charge in [-0.15, -0.1) is 0 Å². The van der Waals surface area contributed by atoms with Gasteiger partial charge in [-0.3, -0.25) is 9.69 Å². The molecule has 7 heteroatoms. The highest BCUT2D eigenvalue weighted by Gasteiger charge is 2.30. The fourth-order valence-electron chi connectivity index (χ4n) is 5.57. The minimum atomic E-state index is -0.660. The summed E-state index contributed by atoms with van der Waals surface area (Å²) in [5, 5.41) is 13.2. The second-order valence-corrected chi connectivity index (χ2v) is 11.2. The zero-order chi connectivity index (χ0) is 26.2. The lowest BCUT2D eigenvalue weighted by Gasteiger charge is -2.26. The Bertz CT molecular complexity index is 1330. The van der Waals surface area contributed by atoms with Gasteiger partial charge in [-0.25, -0.2) is 9.36 Å². The van der Waals surface area contributed by atoms with Crippen molar-refractivity contribution in [1.82, 2.24) is 14.8 Å². The lowest BCUT2D eigenvalue weighted by atomic mass is 9.93. The molecular weight excluding hydrogens is 466 g/mol. The molecule has 0 radical (unpaired) electrons. The number of ether oxygens (including phenoxy) is 1. The average molecular weight is 504 g/mol. The SMILES string of the molecule is CC(C)(C)OC(=O)n1c(-c2ccc(CCCO)c3c2C(=O)NC3)cc2cc(CN3CCCCC3)ccc21. The average Bonchev–Trinajstić information content (AvgIpc) is 3.43. The van der Waals surface area contributed by atoms with Crippen molar-refractivity contribution in [1.29, 1.82) is 0 Å². The Morgan fingerprint density at radius 3 is 2.59 bits per heavy atom. The molecule has 3 heterocycles. The van der Waals surface area contributed by atoms with E-state index >= 15 is 0 Å². The van der Waals surface area contributed by atoms with Crippen LogP contribution >= 0.6 is 0 Å². The highest BCUT2D eigenvalue weighted by atomic mass is 16.6. The molecule has 2 aliphatic heterocycles. The summed E-state index contributed by atoms with van der Waals surface area (Å²) in [6, 6.07) is 12.2. The first-order chi connectivity index (χ1) is 17.7. The van der Waals surface area contributed by atoms with Crippen LogP contribution in [-0.2, 0) is 24.2 Å². The zero-order valence-electron chi connectivity index (χ0n) is 22.1. The van der Waals surface area contributed by atoms with Crippen LogP contribution in [0.4, 0.5) is 4.79 Å². The van der Waals surface area contributed by atoms with Gasteiger partial charge in [0, 0.05) is 30.6 Å². The van der Waals surface area contributed by atoms with Crippen LogP contribution in [0.1, 0.15) is 73.5 Å². The number of fused-ring (bicyclic) bond motifs is 2. The lowest BCUT2D eigenvalue weighted by molar-refractivity contribution is 0.0547. The monoisotopic (exact) mass is 503 g/mol. The van der Waals surface area contributed by atoms with Crippen LogP contribution in [0, 0.1) is 0 Å². The maximum atomic E-state index is 13.5. The Morgan fingerprint density at radius 2 is 1.86 bits per heavy atom. The number of rotatable bonds is 6. The molecule has 0 aliphatic carbocycles. The molecule has 1 fully saturated rings. The number of aryl methyl sites for hydroxylation is 1. The molecule has 1 amide bonds. The number of hydrogen-bond donors (Lipinski definition) is 2. The molecule has 196 valence electrons. The number of aromatic nitrogens is 1. The van der Waals surface area contributed by atoms with E-state index in [1.807, 2.05) is 45.0 Å². The fraction of sp³-hybridized carbons (Fsp3) is 0.467. The van der Waals surface area contributed by atoms with E-state index in [0.717, 1.165) is 47.2 Å². The smallest absolute Gasteiger partial charge is 0.419 e. The van der Waals surface area contributed by atoms with Gasteiger partial charge in [-0.2, -0.15) is 0 Å². The van der Waals surface area contributed by atoms with Gasteiger partial charge in [0.2, 0.25) is 0 Å². The molecule has 2 aliphatic rings. The van der Waals surface area contributed by atoms with Crippen molar-refractivity contribution >= 4 is 22.9 Å². The first-order valence-electron chi connectivity index (χ1n) is 13.4. The van der Waals surface area contributed by atoms with Crippen LogP contribution in [0.2, 0.25) is 0 Å². The number of aliphatic hydroxyl groups is 1. The normalized spacial score (nSPS) is 16.2. The molecule has 2 N–H and O–H groups in total. The third-order valence-corrected chi connectivity index (χ3v) is 7.24. The minimum Gasteiger partial charge on any atom is -0.443 e. The second kappa shape index (κ2) is 10.3. The van der Waals surface area contributed by atoms with Gasteiger partial charge in [0.05, 0.1) is 16.8 Å². The Kier molecular flexibility index (Phi) is 7.10. The quantitative estimate of drug-likeness (QED) is 0.480. The summed E-state index contributed by atoms with van der Waals surface area (Å²) < 4.78 is 7.43.